The van der Waals surface area contributed by atoms with Crippen LogP contribution in [0.2, 0.25) is 0 Å². The monoisotopic (exact) mass is 362 g/mol. The molecule has 1 saturated heterocycles. The summed E-state index contributed by atoms with van der Waals surface area (Å²) in [6.45, 7) is 1.16. The fourth-order valence-electron chi connectivity index (χ4n) is 2.16. The van der Waals surface area contributed by atoms with Crippen molar-refractivity contribution in [3.05, 3.63) is 22.7 Å². The van der Waals surface area contributed by atoms with Crippen LogP contribution >= 0.6 is 15.9 Å². The Kier molecular flexibility index (Phi) is 5.42. The van der Waals surface area contributed by atoms with Crippen LogP contribution in [0.5, 0.6) is 0 Å². The van der Waals surface area contributed by atoms with Crippen LogP contribution in [-0.4, -0.2) is 27.7 Å². The van der Waals surface area contributed by atoms with Gasteiger partial charge < -0.3 is 10.5 Å². The minimum absolute atomic E-state index is 0.168. The summed E-state index contributed by atoms with van der Waals surface area (Å²) >= 11 is 3.24. The van der Waals surface area contributed by atoms with Crippen LogP contribution < -0.4 is 10.5 Å². The molecule has 1 aliphatic rings. The first kappa shape index (κ1) is 15.8. The fourth-order valence-corrected chi connectivity index (χ4v) is 3.49. The molecule has 1 unspecified atom stereocenters. The van der Waals surface area contributed by atoms with E-state index in [1.807, 2.05) is 0 Å². The summed E-state index contributed by atoms with van der Waals surface area (Å²) in [5.41, 5.74) is 6.11. The van der Waals surface area contributed by atoms with Crippen LogP contribution in [0.3, 0.4) is 0 Å². The normalized spacial score (nSPS) is 19.9. The van der Waals surface area contributed by atoms with Crippen LogP contribution in [0.25, 0.3) is 0 Å². The third-order valence-electron chi connectivity index (χ3n) is 3.31. The largest absolute Gasteiger partial charge is 0.398 e. The Balaban J connectivity index is 1.91. The number of sulfonamides is 1. The zero-order valence-corrected chi connectivity index (χ0v) is 13.5. The highest BCUT2D eigenvalue weighted by atomic mass is 79.9. The van der Waals surface area contributed by atoms with E-state index in [1.165, 1.54) is 12.1 Å². The van der Waals surface area contributed by atoms with E-state index < -0.39 is 10.0 Å². The van der Waals surface area contributed by atoms with Crippen molar-refractivity contribution in [2.75, 3.05) is 18.9 Å². The maximum atomic E-state index is 12.1. The molecule has 2 rings (SSSR count). The summed E-state index contributed by atoms with van der Waals surface area (Å²) in [6, 6.07) is 4.61. The molecule has 1 fully saturated rings. The highest BCUT2D eigenvalue weighted by molar-refractivity contribution is 9.10. The summed E-state index contributed by atoms with van der Waals surface area (Å²) in [5, 5.41) is 0. The molecule has 112 valence electrons. The van der Waals surface area contributed by atoms with Gasteiger partial charge in [-0.1, -0.05) is 0 Å². The van der Waals surface area contributed by atoms with Crippen molar-refractivity contribution in [2.24, 2.45) is 0 Å². The van der Waals surface area contributed by atoms with E-state index in [9.17, 15) is 8.42 Å². The van der Waals surface area contributed by atoms with Crippen molar-refractivity contribution >= 4 is 31.6 Å². The highest BCUT2D eigenvalue weighted by Gasteiger charge is 2.17. The first-order valence-electron chi connectivity index (χ1n) is 6.65. The molecule has 0 aliphatic carbocycles. The van der Waals surface area contributed by atoms with E-state index in [0.29, 0.717) is 23.1 Å². The fraction of sp³-hybridized carbons (Fsp3) is 0.538. The quantitative estimate of drug-likeness (QED) is 0.787. The number of halogens is 1. The molecule has 0 amide bonds. The van der Waals surface area contributed by atoms with Gasteiger partial charge in [0.05, 0.1) is 11.0 Å². The molecule has 1 atom stereocenters. The van der Waals surface area contributed by atoms with Crippen LogP contribution in [0.1, 0.15) is 25.7 Å². The third kappa shape index (κ3) is 4.18. The number of benzene rings is 1. The molecular weight excluding hydrogens is 344 g/mol. The molecule has 0 bridgehead atoms. The van der Waals surface area contributed by atoms with E-state index in [1.54, 1.807) is 6.07 Å². The number of hydrogen-bond acceptors (Lipinski definition) is 4. The number of nitrogens with one attached hydrogen (secondary N) is 1. The van der Waals surface area contributed by atoms with Crippen LogP contribution in [0.15, 0.2) is 27.6 Å². The summed E-state index contributed by atoms with van der Waals surface area (Å²) in [5.74, 6) is 0. The van der Waals surface area contributed by atoms with Crippen molar-refractivity contribution < 1.29 is 13.2 Å². The van der Waals surface area contributed by atoms with Crippen LogP contribution in [0.4, 0.5) is 5.69 Å². The van der Waals surface area contributed by atoms with Gasteiger partial charge in [0.1, 0.15) is 0 Å². The van der Waals surface area contributed by atoms with E-state index in [0.717, 1.165) is 25.9 Å². The molecule has 1 heterocycles. The van der Waals surface area contributed by atoms with Crippen LogP contribution in [0, 0.1) is 0 Å². The standard InChI is InChI=1S/C13H19BrN2O3S/c14-12-5-4-11(9-13(12)15)20(17,18)16-7-6-10-3-1-2-8-19-10/h4-5,9-10,16H,1-3,6-8,15H2. The molecule has 0 aromatic heterocycles. The third-order valence-corrected chi connectivity index (χ3v) is 5.49. The van der Waals surface area contributed by atoms with Gasteiger partial charge in [-0.05, 0) is 59.8 Å². The van der Waals surface area contributed by atoms with Gasteiger partial charge in [-0.25, -0.2) is 13.1 Å². The molecule has 7 heteroatoms. The number of hydrogen-bond donors (Lipinski definition) is 2. The molecule has 1 aliphatic heterocycles. The van der Waals surface area contributed by atoms with Crippen molar-refractivity contribution in [1.29, 1.82) is 0 Å². The maximum Gasteiger partial charge on any atom is 0.240 e. The minimum Gasteiger partial charge on any atom is -0.398 e. The SMILES string of the molecule is Nc1cc(S(=O)(=O)NCCC2CCCCO2)ccc1Br. The van der Waals surface area contributed by atoms with Gasteiger partial charge in [-0.2, -0.15) is 0 Å². The molecule has 5 nitrogen and oxygen atoms in total. The summed E-state index contributed by atoms with van der Waals surface area (Å²) in [7, 11) is -3.51. The molecule has 20 heavy (non-hydrogen) atoms. The summed E-state index contributed by atoms with van der Waals surface area (Å²) in [4.78, 5) is 0.183. The molecule has 0 spiro atoms. The topological polar surface area (TPSA) is 81.4 Å². The lowest BCUT2D eigenvalue weighted by Crippen LogP contribution is -2.29. The Labute approximate surface area is 128 Å². The van der Waals surface area contributed by atoms with Gasteiger partial charge in [0, 0.05) is 23.3 Å². The second-order valence-electron chi connectivity index (χ2n) is 4.86. The Bertz CT molecular complexity index is 557. The van der Waals surface area contributed by atoms with Gasteiger partial charge >= 0.3 is 0 Å². The number of ether oxygens (including phenoxy) is 1. The van der Waals surface area contributed by atoms with Crippen molar-refractivity contribution in [3.8, 4) is 0 Å². The molecule has 1 aromatic rings. The van der Waals surface area contributed by atoms with Gasteiger partial charge in [0.15, 0.2) is 0 Å². The van der Waals surface area contributed by atoms with Gasteiger partial charge in [0.2, 0.25) is 10.0 Å². The Hall–Kier alpha value is -0.630. The Morgan fingerprint density at radius 2 is 2.20 bits per heavy atom. The minimum atomic E-state index is -3.51. The lowest BCUT2D eigenvalue weighted by Gasteiger charge is -2.22. The van der Waals surface area contributed by atoms with Crippen molar-refractivity contribution in [1.82, 2.24) is 4.72 Å². The average Bonchev–Trinajstić information content (AvgIpc) is 2.43. The average molecular weight is 363 g/mol. The Morgan fingerprint density at radius 1 is 1.40 bits per heavy atom. The smallest absolute Gasteiger partial charge is 0.240 e. The molecule has 3 N–H and O–H groups in total. The second-order valence-corrected chi connectivity index (χ2v) is 7.48. The maximum absolute atomic E-state index is 12.1. The lowest BCUT2D eigenvalue weighted by molar-refractivity contribution is 0.0123. The van der Waals surface area contributed by atoms with E-state index >= 15 is 0 Å². The van der Waals surface area contributed by atoms with E-state index in [4.69, 9.17) is 10.5 Å². The van der Waals surface area contributed by atoms with Crippen LogP contribution in [-0.2, 0) is 14.8 Å². The molecule has 0 radical (unpaired) electrons. The first-order valence-corrected chi connectivity index (χ1v) is 8.93. The van der Waals surface area contributed by atoms with E-state index in [2.05, 4.69) is 20.7 Å². The zero-order valence-electron chi connectivity index (χ0n) is 11.1. The van der Waals surface area contributed by atoms with Gasteiger partial charge in [-0.3, -0.25) is 0 Å². The highest BCUT2D eigenvalue weighted by Crippen LogP contribution is 2.22. The van der Waals surface area contributed by atoms with Crippen molar-refractivity contribution in [2.45, 2.75) is 36.7 Å². The number of rotatable bonds is 5. The number of nitrogens with two attached hydrogens (primary N) is 1. The number of anilines is 1. The summed E-state index contributed by atoms with van der Waals surface area (Å²) < 4.78 is 33.1. The number of nitrogen functional groups attached to an aromatic ring is 1. The first-order chi connectivity index (χ1) is 9.49. The Morgan fingerprint density at radius 3 is 2.85 bits per heavy atom. The lowest BCUT2D eigenvalue weighted by atomic mass is 10.1. The summed E-state index contributed by atoms with van der Waals surface area (Å²) in [6.07, 6.45) is 4.13. The van der Waals surface area contributed by atoms with Gasteiger partial charge in [0.25, 0.3) is 0 Å². The predicted molar refractivity (Wildman–Crippen MR) is 82.0 cm³/mol. The van der Waals surface area contributed by atoms with Crippen molar-refractivity contribution in [3.63, 3.8) is 0 Å². The predicted octanol–water partition coefficient (Wildman–Crippen LogP) is 2.27. The second kappa shape index (κ2) is 6.89. The zero-order chi connectivity index (χ0) is 14.6. The van der Waals surface area contributed by atoms with E-state index in [-0.39, 0.29) is 11.0 Å². The molecule has 0 saturated carbocycles. The molecular formula is C13H19BrN2O3S. The molecule has 1 aromatic carbocycles. The van der Waals surface area contributed by atoms with Gasteiger partial charge in [-0.15, -0.1) is 0 Å².